The fourth-order valence-electron chi connectivity index (χ4n) is 3.96. The van der Waals surface area contributed by atoms with E-state index < -0.39 is 5.69 Å². The van der Waals surface area contributed by atoms with Gasteiger partial charge in [-0.1, -0.05) is 30.3 Å². The molecule has 0 saturated heterocycles. The van der Waals surface area contributed by atoms with Gasteiger partial charge in [0.1, 0.15) is 17.0 Å². The van der Waals surface area contributed by atoms with E-state index in [0.717, 1.165) is 10.2 Å². The molecule has 0 saturated carbocycles. The summed E-state index contributed by atoms with van der Waals surface area (Å²) in [4.78, 5) is 39.3. The second kappa shape index (κ2) is 9.11. The van der Waals surface area contributed by atoms with E-state index in [4.69, 9.17) is 4.74 Å². The maximum Gasteiger partial charge on any atom is 0.352 e. The van der Waals surface area contributed by atoms with Gasteiger partial charge >= 0.3 is 5.69 Å². The average Bonchev–Trinajstić information content (AvgIpc) is 3.45. The largest absolute Gasteiger partial charge is 0.494 e. The minimum absolute atomic E-state index is 0.191. The van der Waals surface area contributed by atoms with Crippen LogP contribution in [0.1, 0.15) is 22.8 Å². The van der Waals surface area contributed by atoms with Crippen LogP contribution in [0.5, 0.6) is 5.75 Å². The number of aryl methyl sites for hydroxylation is 2. The first-order chi connectivity index (χ1) is 16.6. The summed E-state index contributed by atoms with van der Waals surface area (Å²) in [5.74, 6) is 0.649. The van der Waals surface area contributed by atoms with Gasteiger partial charge in [-0.3, -0.25) is 14.2 Å². The fraction of sp³-hybridized carbons (Fsp3) is 0.200. The van der Waals surface area contributed by atoms with Gasteiger partial charge < -0.3 is 4.74 Å². The molecule has 0 fully saturated rings. The Morgan fingerprint density at radius 2 is 1.79 bits per heavy atom. The molecule has 5 rings (SSSR count). The molecule has 9 heteroatoms. The highest BCUT2D eigenvalue weighted by Gasteiger charge is 2.20. The number of carbonyl (C=O) groups is 1. The zero-order valence-electron chi connectivity index (χ0n) is 18.5. The van der Waals surface area contributed by atoms with E-state index in [1.807, 2.05) is 37.3 Å². The van der Waals surface area contributed by atoms with Crippen LogP contribution in [-0.4, -0.2) is 31.1 Å². The number of rotatable bonds is 8. The number of benzene rings is 2. The Morgan fingerprint density at radius 1 is 1.03 bits per heavy atom. The number of thiophene rings is 1. The smallest absolute Gasteiger partial charge is 0.352 e. The topological polar surface area (TPSA) is 87.6 Å². The maximum absolute atomic E-state index is 13.3. The molecular weight excluding hydrogens is 452 g/mol. The van der Waals surface area contributed by atoms with Gasteiger partial charge in [-0.05, 0) is 54.6 Å². The number of aromatic nitrogens is 4. The molecule has 0 aliphatic carbocycles. The fourth-order valence-corrected chi connectivity index (χ4v) is 4.78. The number of hydrogen-bond donors (Lipinski definition) is 0. The molecule has 0 bridgehead atoms. The van der Waals surface area contributed by atoms with Gasteiger partial charge in [0.2, 0.25) is 5.78 Å². The Labute approximate surface area is 198 Å². The summed E-state index contributed by atoms with van der Waals surface area (Å²) >= 11 is 1.29. The molecule has 172 valence electrons. The minimum Gasteiger partial charge on any atom is -0.494 e. The van der Waals surface area contributed by atoms with E-state index >= 15 is 0 Å². The Hall–Kier alpha value is -3.98. The van der Waals surface area contributed by atoms with Crippen molar-refractivity contribution in [1.29, 1.82) is 0 Å². The summed E-state index contributed by atoms with van der Waals surface area (Å²) in [6, 6.07) is 18.3. The van der Waals surface area contributed by atoms with Crippen LogP contribution >= 0.6 is 11.3 Å². The van der Waals surface area contributed by atoms with Crippen molar-refractivity contribution in [2.75, 3.05) is 6.61 Å². The monoisotopic (exact) mass is 474 g/mol. The normalized spacial score (nSPS) is 11.3. The predicted octanol–water partition coefficient (Wildman–Crippen LogP) is 3.40. The van der Waals surface area contributed by atoms with Gasteiger partial charge in [-0.25, -0.2) is 13.9 Å². The molecule has 3 heterocycles. The molecule has 0 unspecified atom stereocenters. The Bertz CT molecular complexity index is 1590. The first kappa shape index (κ1) is 21.8. The van der Waals surface area contributed by atoms with E-state index in [-0.39, 0.29) is 23.7 Å². The van der Waals surface area contributed by atoms with Crippen molar-refractivity contribution in [3.05, 3.63) is 98.0 Å². The van der Waals surface area contributed by atoms with Gasteiger partial charge in [0.25, 0.3) is 5.56 Å². The second-order valence-electron chi connectivity index (χ2n) is 7.78. The molecule has 0 spiro atoms. The number of fused-ring (bicyclic) bond motifs is 3. The third kappa shape index (κ3) is 3.94. The van der Waals surface area contributed by atoms with Crippen LogP contribution in [0.2, 0.25) is 0 Å². The lowest BCUT2D eigenvalue weighted by molar-refractivity contribution is 0.0966. The lowest BCUT2D eigenvalue weighted by Crippen LogP contribution is -2.27. The molecule has 0 atom stereocenters. The highest BCUT2D eigenvalue weighted by atomic mass is 32.1. The van der Waals surface area contributed by atoms with E-state index in [1.54, 1.807) is 35.7 Å². The van der Waals surface area contributed by atoms with Crippen molar-refractivity contribution in [2.24, 2.45) is 0 Å². The predicted molar refractivity (Wildman–Crippen MR) is 131 cm³/mol. The van der Waals surface area contributed by atoms with Crippen LogP contribution in [0.15, 0.2) is 75.6 Å². The SMILES string of the molecule is CCOc1ccc(C(=O)Cn2nc3n(CCc4ccccc4)c(=O)c4sccc4n3c2=O)cc1. The summed E-state index contributed by atoms with van der Waals surface area (Å²) in [5, 5.41) is 6.20. The first-order valence-electron chi connectivity index (χ1n) is 11.0. The van der Waals surface area contributed by atoms with Gasteiger partial charge in [-0.15, -0.1) is 16.4 Å². The number of ketones is 1. The lowest BCUT2D eigenvalue weighted by Gasteiger charge is -2.08. The summed E-state index contributed by atoms with van der Waals surface area (Å²) in [7, 11) is 0. The number of nitrogens with zero attached hydrogens (tertiary/aromatic N) is 4. The van der Waals surface area contributed by atoms with Crippen LogP contribution < -0.4 is 16.0 Å². The molecule has 8 nitrogen and oxygen atoms in total. The summed E-state index contributed by atoms with van der Waals surface area (Å²) in [6.07, 6.45) is 0.611. The summed E-state index contributed by atoms with van der Waals surface area (Å²) < 4.78 is 9.97. The third-order valence-corrected chi connectivity index (χ3v) is 6.53. The van der Waals surface area contributed by atoms with Crippen molar-refractivity contribution < 1.29 is 9.53 Å². The molecule has 0 aliphatic rings. The number of Topliss-reactive ketones (excluding diaryl/α,β-unsaturated/α-hetero) is 1. The van der Waals surface area contributed by atoms with Crippen molar-refractivity contribution >= 4 is 33.1 Å². The maximum atomic E-state index is 13.3. The third-order valence-electron chi connectivity index (χ3n) is 5.64. The lowest BCUT2D eigenvalue weighted by atomic mass is 10.1. The molecule has 0 radical (unpaired) electrons. The Morgan fingerprint density at radius 3 is 2.53 bits per heavy atom. The second-order valence-corrected chi connectivity index (χ2v) is 8.70. The van der Waals surface area contributed by atoms with Crippen LogP contribution in [-0.2, 0) is 19.5 Å². The highest BCUT2D eigenvalue weighted by Crippen LogP contribution is 2.18. The van der Waals surface area contributed by atoms with Crippen molar-refractivity contribution in [2.45, 2.75) is 26.4 Å². The first-order valence-corrected chi connectivity index (χ1v) is 11.8. The van der Waals surface area contributed by atoms with E-state index in [9.17, 15) is 14.4 Å². The van der Waals surface area contributed by atoms with E-state index in [1.165, 1.54) is 20.3 Å². The molecule has 34 heavy (non-hydrogen) atoms. The van der Waals surface area contributed by atoms with Crippen LogP contribution in [0.3, 0.4) is 0 Å². The molecule has 0 N–H and O–H groups in total. The standard InChI is InChI=1S/C25H22N4O4S/c1-2-33-19-10-8-18(9-11-19)21(30)16-28-25(32)29-20-13-15-34-22(20)23(31)27(24(29)26-28)14-12-17-6-4-3-5-7-17/h3-11,13,15H,2,12,14,16H2,1H3. The van der Waals surface area contributed by atoms with Crippen molar-refractivity contribution in [3.63, 3.8) is 0 Å². The van der Waals surface area contributed by atoms with E-state index in [0.29, 0.717) is 41.1 Å². The average molecular weight is 475 g/mol. The highest BCUT2D eigenvalue weighted by molar-refractivity contribution is 7.17. The van der Waals surface area contributed by atoms with Crippen molar-refractivity contribution in [3.8, 4) is 5.75 Å². The van der Waals surface area contributed by atoms with Gasteiger partial charge in [0.05, 0.1) is 12.1 Å². The van der Waals surface area contributed by atoms with Crippen molar-refractivity contribution in [1.82, 2.24) is 18.7 Å². The summed E-state index contributed by atoms with van der Waals surface area (Å²) in [6.45, 7) is 2.56. The Balaban J connectivity index is 1.53. The molecule has 3 aromatic heterocycles. The number of hydrogen-bond acceptors (Lipinski definition) is 6. The van der Waals surface area contributed by atoms with Gasteiger partial charge in [0, 0.05) is 12.1 Å². The molecule has 5 aromatic rings. The van der Waals surface area contributed by atoms with Crippen LogP contribution in [0.4, 0.5) is 0 Å². The molecule has 0 aliphatic heterocycles. The number of carbonyl (C=O) groups excluding carboxylic acids is 1. The Kier molecular flexibility index (Phi) is 5.85. The molecule has 2 aromatic carbocycles. The number of ether oxygens (including phenoxy) is 1. The van der Waals surface area contributed by atoms with E-state index in [2.05, 4.69) is 5.10 Å². The van der Waals surface area contributed by atoms with Gasteiger partial charge in [-0.2, -0.15) is 0 Å². The summed E-state index contributed by atoms with van der Waals surface area (Å²) in [5.41, 5.74) is 1.39. The molecule has 0 amide bonds. The zero-order valence-corrected chi connectivity index (χ0v) is 19.3. The molecular formula is C25H22N4O4S. The van der Waals surface area contributed by atoms with Crippen LogP contribution in [0.25, 0.3) is 16.0 Å². The minimum atomic E-state index is -0.453. The zero-order chi connectivity index (χ0) is 23.7. The van der Waals surface area contributed by atoms with Crippen LogP contribution in [0, 0.1) is 0 Å². The van der Waals surface area contributed by atoms with Gasteiger partial charge in [0.15, 0.2) is 5.78 Å². The quantitative estimate of drug-likeness (QED) is 0.322.